The van der Waals surface area contributed by atoms with Gasteiger partial charge in [-0.15, -0.1) is 0 Å². The lowest BCUT2D eigenvalue weighted by Gasteiger charge is -2.08. The summed E-state index contributed by atoms with van der Waals surface area (Å²) >= 11 is 0. The molecule has 2 aromatic rings. The van der Waals surface area contributed by atoms with Crippen LogP contribution < -0.4 is 5.32 Å². The second-order valence-corrected chi connectivity index (χ2v) is 4.93. The van der Waals surface area contributed by atoms with E-state index < -0.39 is 4.92 Å². The zero-order valence-corrected chi connectivity index (χ0v) is 12.0. The molecule has 0 saturated carbocycles. The van der Waals surface area contributed by atoms with Gasteiger partial charge in [0, 0.05) is 18.6 Å². The SMILES string of the molecule is Cc1ccc([N+](=O)[O-])cc1NC(=O)CCc1ccc(F)cc1. The maximum atomic E-state index is 12.8. The summed E-state index contributed by atoms with van der Waals surface area (Å²) in [5, 5.41) is 13.4. The predicted octanol–water partition coefficient (Wildman–Crippen LogP) is 3.61. The van der Waals surface area contributed by atoms with Gasteiger partial charge in [0.25, 0.3) is 5.69 Å². The molecular weight excluding hydrogens is 287 g/mol. The standard InChI is InChI=1S/C16H15FN2O3/c1-11-2-8-14(19(21)22)10-15(11)18-16(20)9-5-12-3-6-13(17)7-4-12/h2-4,6-8,10H,5,9H2,1H3,(H,18,20). The first-order valence-corrected chi connectivity index (χ1v) is 6.75. The lowest BCUT2D eigenvalue weighted by molar-refractivity contribution is -0.384. The van der Waals surface area contributed by atoms with Crippen LogP contribution in [-0.4, -0.2) is 10.8 Å². The van der Waals surface area contributed by atoms with Gasteiger partial charge in [0.05, 0.1) is 10.6 Å². The number of anilines is 1. The summed E-state index contributed by atoms with van der Waals surface area (Å²) in [7, 11) is 0. The van der Waals surface area contributed by atoms with Crippen molar-refractivity contribution in [3.05, 3.63) is 69.5 Å². The largest absolute Gasteiger partial charge is 0.326 e. The van der Waals surface area contributed by atoms with Crippen molar-refractivity contribution < 1.29 is 14.1 Å². The van der Waals surface area contributed by atoms with Crippen LogP contribution in [0.5, 0.6) is 0 Å². The van der Waals surface area contributed by atoms with Crippen molar-refractivity contribution in [1.29, 1.82) is 0 Å². The Morgan fingerprint density at radius 1 is 1.23 bits per heavy atom. The van der Waals surface area contributed by atoms with E-state index >= 15 is 0 Å². The normalized spacial score (nSPS) is 10.3. The van der Waals surface area contributed by atoms with Crippen molar-refractivity contribution in [1.82, 2.24) is 0 Å². The molecule has 1 N–H and O–H groups in total. The minimum atomic E-state index is -0.506. The number of carbonyl (C=O) groups is 1. The van der Waals surface area contributed by atoms with Crippen LogP contribution in [0, 0.1) is 22.9 Å². The number of rotatable bonds is 5. The van der Waals surface area contributed by atoms with E-state index in [0.29, 0.717) is 12.1 Å². The van der Waals surface area contributed by atoms with Crippen molar-refractivity contribution in [3.8, 4) is 0 Å². The van der Waals surface area contributed by atoms with E-state index in [-0.39, 0.29) is 23.8 Å². The van der Waals surface area contributed by atoms with Gasteiger partial charge in [-0.2, -0.15) is 0 Å². The fourth-order valence-corrected chi connectivity index (χ4v) is 1.98. The molecule has 0 bridgehead atoms. The van der Waals surface area contributed by atoms with Gasteiger partial charge in [-0.3, -0.25) is 14.9 Å². The summed E-state index contributed by atoms with van der Waals surface area (Å²) in [6.07, 6.45) is 0.688. The Kier molecular flexibility index (Phi) is 4.83. The van der Waals surface area contributed by atoms with Crippen LogP contribution in [0.15, 0.2) is 42.5 Å². The van der Waals surface area contributed by atoms with Gasteiger partial charge in [0.1, 0.15) is 5.82 Å². The van der Waals surface area contributed by atoms with E-state index in [2.05, 4.69) is 5.32 Å². The van der Waals surface area contributed by atoms with E-state index in [0.717, 1.165) is 11.1 Å². The first-order chi connectivity index (χ1) is 10.5. The molecule has 2 rings (SSSR count). The zero-order chi connectivity index (χ0) is 16.1. The van der Waals surface area contributed by atoms with Crippen LogP contribution >= 0.6 is 0 Å². The highest BCUT2D eigenvalue weighted by Gasteiger charge is 2.11. The summed E-state index contributed by atoms with van der Waals surface area (Å²) in [6, 6.07) is 10.3. The Morgan fingerprint density at radius 3 is 2.55 bits per heavy atom. The van der Waals surface area contributed by atoms with Crippen molar-refractivity contribution in [2.24, 2.45) is 0 Å². The van der Waals surface area contributed by atoms with Crippen LogP contribution in [0.4, 0.5) is 15.8 Å². The number of nitro groups is 1. The summed E-state index contributed by atoms with van der Waals surface area (Å²) in [6.45, 7) is 1.76. The average Bonchev–Trinajstić information content (AvgIpc) is 2.48. The van der Waals surface area contributed by atoms with Gasteiger partial charge >= 0.3 is 0 Å². The lowest BCUT2D eigenvalue weighted by atomic mass is 10.1. The number of nitro benzene ring substituents is 1. The smallest absolute Gasteiger partial charge is 0.271 e. The number of hydrogen-bond acceptors (Lipinski definition) is 3. The molecule has 22 heavy (non-hydrogen) atoms. The van der Waals surface area contributed by atoms with E-state index in [1.165, 1.54) is 24.3 Å². The third-order valence-corrected chi connectivity index (χ3v) is 3.26. The summed E-state index contributed by atoms with van der Waals surface area (Å²) in [5.74, 6) is -0.562. The Labute approximate surface area is 126 Å². The van der Waals surface area contributed by atoms with Crippen LogP contribution in [0.2, 0.25) is 0 Å². The molecule has 6 heteroatoms. The van der Waals surface area contributed by atoms with E-state index in [1.54, 1.807) is 25.1 Å². The quantitative estimate of drug-likeness (QED) is 0.677. The van der Waals surface area contributed by atoms with E-state index in [9.17, 15) is 19.3 Å². The molecule has 5 nitrogen and oxygen atoms in total. The van der Waals surface area contributed by atoms with Gasteiger partial charge in [-0.1, -0.05) is 18.2 Å². The molecule has 0 aliphatic carbocycles. The molecule has 0 aliphatic heterocycles. The van der Waals surface area contributed by atoms with Crippen molar-refractivity contribution in [3.63, 3.8) is 0 Å². The number of carbonyl (C=O) groups excluding carboxylic acids is 1. The molecule has 2 aromatic carbocycles. The molecule has 0 spiro atoms. The molecule has 0 aromatic heterocycles. The second kappa shape index (κ2) is 6.80. The molecule has 0 radical (unpaired) electrons. The molecule has 0 saturated heterocycles. The zero-order valence-electron chi connectivity index (χ0n) is 12.0. The van der Waals surface area contributed by atoms with Gasteiger partial charge in [-0.05, 0) is 36.6 Å². The molecule has 114 valence electrons. The fraction of sp³-hybridized carbons (Fsp3) is 0.188. The molecule has 0 fully saturated rings. The van der Waals surface area contributed by atoms with Crippen LogP contribution in [0.1, 0.15) is 17.5 Å². The molecule has 0 aliphatic rings. The Hall–Kier alpha value is -2.76. The Morgan fingerprint density at radius 2 is 1.91 bits per heavy atom. The topological polar surface area (TPSA) is 72.2 Å². The summed E-state index contributed by atoms with van der Waals surface area (Å²) < 4.78 is 12.8. The third kappa shape index (κ3) is 4.12. The van der Waals surface area contributed by atoms with Gasteiger partial charge in [-0.25, -0.2) is 4.39 Å². The number of nitrogens with zero attached hydrogens (tertiary/aromatic N) is 1. The fourth-order valence-electron chi connectivity index (χ4n) is 1.98. The van der Waals surface area contributed by atoms with Crippen LogP contribution in [-0.2, 0) is 11.2 Å². The van der Waals surface area contributed by atoms with Crippen molar-refractivity contribution in [2.45, 2.75) is 19.8 Å². The van der Waals surface area contributed by atoms with Gasteiger partial charge in [0.2, 0.25) is 5.91 Å². The van der Waals surface area contributed by atoms with Crippen LogP contribution in [0.3, 0.4) is 0 Å². The first-order valence-electron chi connectivity index (χ1n) is 6.75. The number of amides is 1. The molecule has 0 atom stereocenters. The number of non-ortho nitro benzene ring substituents is 1. The highest BCUT2D eigenvalue weighted by molar-refractivity contribution is 5.92. The Bertz CT molecular complexity index is 699. The molecule has 1 amide bonds. The number of nitrogens with one attached hydrogen (secondary N) is 1. The van der Waals surface area contributed by atoms with Crippen molar-refractivity contribution in [2.75, 3.05) is 5.32 Å². The van der Waals surface area contributed by atoms with Gasteiger partial charge in [0.15, 0.2) is 0 Å². The predicted molar refractivity (Wildman–Crippen MR) is 81.2 cm³/mol. The third-order valence-electron chi connectivity index (χ3n) is 3.26. The summed E-state index contributed by atoms with van der Waals surface area (Å²) in [5.41, 5.74) is 1.96. The number of aryl methyl sites for hydroxylation is 2. The van der Waals surface area contributed by atoms with E-state index in [1.807, 2.05) is 0 Å². The van der Waals surface area contributed by atoms with E-state index in [4.69, 9.17) is 0 Å². The first kappa shape index (κ1) is 15.6. The molecular formula is C16H15FN2O3. The monoisotopic (exact) mass is 302 g/mol. The maximum Gasteiger partial charge on any atom is 0.271 e. The number of benzene rings is 2. The minimum Gasteiger partial charge on any atom is -0.326 e. The Balaban J connectivity index is 1.98. The average molecular weight is 302 g/mol. The molecule has 0 heterocycles. The number of hydrogen-bond donors (Lipinski definition) is 1. The maximum absolute atomic E-state index is 12.8. The minimum absolute atomic E-state index is 0.0700. The molecule has 0 unspecified atom stereocenters. The summed E-state index contributed by atoms with van der Waals surface area (Å²) in [4.78, 5) is 22.2. The second-order valence-electron chi connectivity index (χ2n) is 4.93. The van der Waals surface area contributed by atoms with Gasteiger partial charge < -0.3 is 5.32 Å². The highest BCUT2D eigenvalue weighted by Crippen LogP contribution is 2.22. The lowest BCUT2D eigenvalue weighted by Crippen LogP contribution is -2.13. The highest BCUT2D eigenvalue weighted by atomic mass is 19.1. The van der Waals surface area contributed by atoms with Crippen LogP contribution in [0.25, 0.3) is 0 Å². The van der Waals surface area contributed by atoms with Crippen molar-refractivity contribution >= 4 is 17.3 Å². The number of halogens is 1.